The second-order valence-electron chi connectivity index (χ2n) is 11.0. The van der Waals surface area contributed by atoms with E-state index in [1.54, 1.807) is 0 Å². The Kier molecular flexibility index (Phi) is 5.70. The maximum absolute atomic E-state index is 12.0. The van der Waals surface area contributed by atoms with Crippen molar-refractivity contribution in [2.45, 2.75) is 64.9 Å². The van der Waals surface area contributed by atoms with E-state index < -0.39 is 19.7 Å². The number of aromatic nitrogens is 1. The average Bonchev–Trinajstić information content (AvgIpc) is 3.10. The van der Waals surface area contributed by atoms with E-state index in [0.717, 1.165) is 25.7 Å². The molecule has 5 rings (SSSR count). The summed E-state index contributed by atoms with van der Waals surface area (Å²) in [6, 6.07) is 4.22. The van der Waals surface area contributed by atoms with Crippen molar-refractivity contribution in [2.24, 2.45) is 28.6 Å². The molecule has 1 heterocycles. The molecule has 6 atom stereocenters. The monoisotopic (exact) mass is 471 g/mol. The minimum absolute atomic E-state index is 0.119. The fourth-order valence-electron chi connectivity index (χ4n) is 7.66. The summed E-state index contributed by atoms with van der Waals surface area (Å²) in [6.45, 7) is 4.86. The molecule has 2 N–H and O–H groups in total. The van der Waals surface area contributed by atoms with Crippen molar-refractivity contribution in [2.75, 3.05) is 6.16 Å². The molecule has 2 saturated carbocycles. The van der Waals surface area contributed by atoms with Gasteiger partial charge in [-0.25, -0.2) is 0 Å². The van der Waals surface area contributed by atoms with Gasteiger partial charge in [0.05, 0.1) is 0 Å². The standard InChI is InChI=1S/C26H34NO5P/c1-25-11-9-19(32-24(28)16-33(29,30)31)14-18(25)5-6-20-22-8-7-21(17-4-3-13-27-15-17)26(22,2)12-10-23(20)25/h3-5,7,13,15,19-20,22-23H,6,8-12,14,16H2,1-2H3,(H2,29,30,31)/t19-,20?,22?,23?,25-,26+/m0/s1. The molecule has 0 amide bonds. The van der Waals surface area contributed by atoms with Crippen molar-refractivity contribution < 1.29 is 23.9 Å². The third kappa shape index (κ3) is 4.05. The summed E-state index contributed by atoms with van der Waals surface area (Å²) in [4.78, 5) is 34.4. The summed E-state index contributed by atoms with van der Waals surface area (Å²) >= 11 is 0. The van der Waals surface area contributed by atoms with Crippen molar-refractivity contribution in [3.05, 3.63) is 47.8 Å². The quantitative estimate of drug-likeness (QED) is 0.359. The van der Waals surface area contributed by atoms with Crippen molar-refractivity contribution in [1.82, 2.24) is 4.98 Å². The van der Waals surface area contributed by atoms with E-state index in [9.17, 15) is 9.36 Å². The van der Waals surface area contributed by atoms with Gasteiger partial charge in [-0.2, -0.15) is 0 Å². The number of esters is 1. The van der Waals surface area contributed by atoms with Gasteiger partial charge in [0, 0.05) is 18.8 Å². The highest BCUT2D eigenvalue weighted by Crippen LogP contribution is 2.66. The molecular weight excluding hydrogens is 437 g/mol. The molecule has 0 saturated heterocycles. The number of rotatable bonds is 4. The predicted octanol–water partition coefficient (Wildman–Crippen LogP) is 5.13. The largest absolute Gasteiger partial charge is 0.462 e. The normalized spacial score (nSPS) is 37.8. The van der Waals surface area contributed by atoms with Crippen LogP contribution in [0.25, 0.3) is 5.57 Å². The predicted molar refractivity (Wildman–Crippen MR) is 126 cm³/mol. The molecule has 0 spiro atoms. The van der Waals surface area contributed by atoms with Crippen LogP contribution in [0.3, 0.4) is 0 Å². The van der Waals surface area contributed by atoms with Crippen molar-refractivity contribution >= 4 is 19.1 Å². The number of carbonyl (C=O) groups excluding carboxylic acids is 1. The number of nitrogens with zero attached hydrogens (tertiary/aromatic N) is 1. The van der Waals surface area contributed by atoms with E-state index in [1.165, 1.54) is 29.6 Å². The van der Waals surface area contributed by atoms with Crippen LogP contribution in [-0.4, -0.2) is 33.0 Å². The van der Waals surface area contributed by atoms with Gasteiger partial charge in [0.25, 0.3) is 0 Å². The molecule has 2 fully saturated rings. The van der Waals surface area contributed by atoms with Crippen LogP contribution in [0.15, 0.2) is 42.3 Å². The molecule has 4 aliphatic rings. The Morgan fingerprint density at radius 2 is 1.94 bits per heavy atom. The van der Waals surface area contributed by atoms with Gasteiger partial charge in [-0.05, 0) is 84.3 Å². The maximum atomic E-state index is 12.0. The molecule has 6 nitrogen and oxygen atoms in total. The molecule has 0 aliphatic heterocycles. The number of carbonyl (C=O) groups is 1. The van der Waals surface area contributed by atoms with Crippen LogP contribution < -0.4 is 0 Å². The number of pyridine rings is 1. The molecule has 3 unspecified atom stereocenters. The SMILES string of the molecule is C[C@]12CC[C@H](OC(=O)CP(=O)(O)O)CC1=CCC1C2CC[C@]2(C)C(c3cccnc3)=CCC12. The third-order valence-electron chi connectivity index (χ3n) is 9.25. The smallest absolute Gasteiger partial charge is 0.336 e. The molecule has 178 valence electrons. The lowest BCUT2D eigenvalue weighted by Crippen LogP contribution is -2.50. The summed E-state index contributed by atoms with van der Waals surface area (Å²) in [5.41, 5.74) is 4.43. The number of hydrogen-bond acceptors (Lipinski definition) is 4. The molecule has 1 aromatic heterocycles. The van der Waals surface area contributed by atoms with Gasteiger partial charge >= 0.3 is 13.6 Å². The van der Waals surface area contributed by atoms with Gasteiger partial charge < -0.3 is 14.5 Å². The van der Waals surface area contributed by atoms with Gasteiger partial charge in [0.1, 0.15) is 12.3 Å². The maximum Gasteiger partial charge on any atom is 0.336 e. The van der Waals surface area contributed by atoms with Crippen LogP contribution in [-0.2, 0) is 14.1 Å². The van der Waals surface area contributed by atoms with Crippen LogP contribution in [0.5, 0.6) is 0 Å². The molecule has 4 aliphatic carbocycles. The fourth-order valence-corrected chi connectivity index (χ4v) is 8.07. The molecule has 1 aromatic rings. The topological polar surface area (TPSA) is 96.7 Å². The first-order chi connectivity index (χ1) is 15.6. The van der Waals surface area contributed by atoms with Crippen molar-refractivity contribution in [3.63, 3.8) is 0 Å². The summed E-state index contributed by atoms with van der Waals surface area (Å²) in [6.07, 6.45) is 14.6. The second-order valence-corrected chi connectivity index (χ2v) is 12.6. The van der Waals surface area contributed by atoms with Crippen molar-refractivity contribution in [3.8, 4) is 0 Å². The Morgan fingerprint density at radius 3 is 2.67 bits per heavy atom. The summed E-state index contributed by atoms with van der Waals surface area (Å²) in [5.74, 6) is 1.13. The third-order valence-corrected chi connectivity index (χ3v) is 9.92. The van der Waals surface area contributed by atoms with Crippen molar-refractivity contribution in [1.29, 1.82) is 0 Å². The highest BCUT2D eigenvalue weighted by molar-refractivity contribution is 7.52. The molecular formula is C26H34NO5P. The van der Waals surface area contributed by atoms with E-state index in [4.69, 9.17) is 14.5 Å². The first kappa shape index (κ1) is 23.0. The minimum atomic E-state index is -4.39. The fraction of sp³-hybridized carbons (Fsp3) is 0.615. The molecule has 0 bridgehead atoms. The van der Waals surface area contributed by atoms with Crippen LogP contribution in [0.1, 0.15) is 64.4 Å². The molecule has 0 aromatic carbocycles. The lowest BCUT2D eigenvalue weighted by Gasteiger charge is -2.57. The Hall–Kier alpha value is -1.75. The van der Waals surface area contributed by atoms with Crippen LogP contribution in [0.4, 0.5) is 0 Å². The van der Waals surface area contributed by atoms with E-state index in [-0.39, 0.29) is 16.9 Å². The second kappa shape index (κ2) is 8.18. The Labute approximate surface area is 195 Å². The van der Waals surface area contributed by atoms with Crippen LogP contribution >= 0.6 is 7.60 Å². The average molecular weight is 472 g/mol. The summed E-state index contributed by atoms with van der Waals surface area (Å²) < 4.78 is 16.6. The van der Waals surface area contributed by atoms with E-state index >= 15 is 0 Å². The first-order valence-electron chi connectivity index (χ1n) is 12.1. The lowest BCUT2D eigenvalue weighted by atomic mass is 9.47. The molecule has 33 heavy (non-hydrogen) atoms. The Morgan fingerprint density at radius 1 is 1.15 bits per heavy atom. The number of hydrogen-bond donors (Lipinski definition) is 2. The zero-order valence-electron chi connectivity index (χ0n) is 19.4. The number of allylic oxidation sites excluding steroid dienone is 3. The summed E-state index contributed by atoms with van der Waals surface area (Å²) in [7, 11) is -4.39. The first-order valence-corrected chi connectivity index (χ1v) is 13.9. The lowest BCUT2D eigenvalue weighted by molar-refractivity contribution is -0.148. The van der Waals surface area contributed by atoms with Gasteiger partial charge in [-0.15, -0.1) is 0 Å². The van der Waals surface area contributed by atoms with E-state index in [1.807, 2.05) is 18.5 Å². The number of fused-ring (bicyclic) bond motifs is 5. The van der Waals surface area contributed by atoms with E-state index in [0.29, 0.717) is 24.2 Å². The van der Waals surface area contributed by atoms with Gasteiger partial charge in [0.15, 0.2) is 0 Å². The van der Waals surface area contributed by atoms with Gasteiger partial charge in [-0.1, -0.05) is 37.6 Å². The van der Waals surface area contributed by atoms with Gasteiger partial charge in [0.2, 0.25) is 0 Å². The Bertz CT molecular complexity index is 1050. The summed E-state index contributed by atoms with van der Waals surface area (Å²) in [5, 5.41) is 0. The zero-order chi connectivity index (χ0) is 23.4. The Balaban J connectivity index is 1.32. The van der Waals surface area contributed by atoms with Gasteiger partial charge in [-0.3, -0.25) is 14.3 Å². The highest BCUT2D eigenvalue weighted by atomic mass is 31.2. The highest BCUT2D eigenvalue weighted by Gasteiger charge is 2.57. The zero-order valence-corrected chi connectivity index (χ0v) is 20.3. The molecule has 7 heteroatoms. The number of ether oxygens (including phenoxy) is 1. The van der Waals surface area contributed by atoms with Crippen LogP contribution in [0.2, 0.25) is 0 Å². The minimum Gasteiger partial charge on any atom is -0.462 e. The molecule has 0 radical (unpaired) electrons. The van der Waals surface area contributed by atoms with E-state index in [2.05, 4.69) is 37.0 Å². The van der Waals surface area contributed by atoms with Crippen LogP contribution in [0, 0.1) is 28.6 Å².